The molecule has 0 unspecified atom stereocenters. The Morgan fingerprint density at radius 2 is 1.74 bits per heavy atom. The quantitative estimate of drug-likeness (QED) is 0.179. The van der Waals surface area contributed by atoms with E-state index in [0.29, 0.717) is 19.8 Å². The Morgan fingerprint density at radius 1 is 0.968 bits per heavy atom. The molecule has 0 aliphatic heterocycles. The first-order valence-corrected chi connectivity index (χ1v) is 10.6. The summed E-state index contributed by atoms with van der Waals surface area (Å²) in [6.45, 7) is 7.54. The first-order valence-electron chi connectivity index (χ1n) is 10.6. The summed E-state index contributed by atoms with van der Waals surface area (Å²) in [4.78, 5) is 4.73. The van der Waals surface area contributed by atoms with Crippen LogP contribution in [-0.4, -0.2) is 39.9 Å². The maximum Gasteiger partial charge on any atom is 0.191 e. The van der Waals surface area contributed by atoms with Gasteiger partial charge in [-0.05, 0) is 55.5 Å². The van der Waals surface area contributed by atoms with E-state index in [0.717, 1.165) is 43.4 Å². The van der Waals surface area contributed by atoms with Crippen molar-refractivity contribution in [2.45, 2.75) is 39.8 Å². The highest BCUT2D eigenvalue weighted by atomic mass is 127. The van der Waals surface area contributed by atoms with Gasteiger partial charge in [-0.2, -0.15) is 0 Å². The fraction of sp³-hybridized carbons (Fsp3) is 0.458. The third-order valence-corrected chi connectivity index (χ3v) is 4.63. The van der Waals surface area contributed by atoms with Crippen LogP contribution < -0.4 is 20.1 Å². The van der Waals surface area contributed by atoms with Gasteiger partial charge in [-0.15, -0.1) is 24.0 Å². The van der Waals surface area contributed by atoms with Crippen molar-refractivity contribution in [1.29, 1.82) is 0 Å². The molecule has 0 aliphatic carbocycles. The fourth-order valence-electron chi connectivity index (χ4n) is 3.16. The molecule has 0 saturated heterocycles. The van der Waals surface area contributed by atoms with Gasteiger partial charge in [0, 0.05) is 20.2 Å². The van der Waals surface area contributed by atoms with Crippen LogP contribution in [0.15, 0.2) is 47.5 Å². The summed E-state index contributed by atoms with van der Waals surface area (Å²) < 4.78 is 16.3. The molecule has 2 N–H and O–H groups in total. The fourth-order valence-corrected chi connectivity index (χ4v) is 3.16. The molecule has 0 fully saturated rings. The number of aliphatic imine (C=N–C) groups is 1. The molecule has 0 aliphatic rings. The van der Waals surface area contributed by atoms with Crippen molar-refractivity contribution >= 4 is 29.9 Å². The highest BCUT2D eigenvalue weighted by Crippen LogP contribution is 2.28. The van der Waals surface area contributed by atoms with Gasteiger partial charge in [0.05, 0.1) is 26.9 Å². The molecule has 6 nitrogen and oxygen atoms in total. The predicted octanol–water partition coefficient (Wildman–Crippen LogP) is 4.55. The van der Waals surface area contributed by atoms with Gasteiger partial charge in [0.25, 0.3) is 0 Å². The van der Waals surface area contributed by atoms with E-state index < -0.39 is 0 Å². The monoisotopic (exact) mass is 541 g/mol. The van der Waals surface area contributed by atoms with Crippen LogP contribution in [0.2, 0.25) is 0 Å². The number of benzene rings is 2. The van der Waals surface area contributed by atoms with Gasteiger partial charge in [-0.3, -0.25) is 0 Å². The number of hydrogen-bond acceptors (Lipinski definition) is 4. The number of nitrogens with one attached hydrogen (secondary N) is 2. The minimum atomic E-state index is 0. The van der Waals surface area contributed by atoms with Crippen LogP contribution in [0.4, 0.5) is 0 Å². The summed E-state index contributed by atoms with van der Waals surface area (Å²) in [6, 6.07) is 14.4. The van der Waals surface area contributed by atoms with Crippen molar-refractivity contribution in [3.63, 3.8) is 0 Å². The number of nitrogens with zero attached hydrogens (tertiary/aromatic N) is 1. The van der Waals surface area contributed by atoms with Crippen LogP contribution in [0.5, 0.6) is 11.5 Å². The smallest absolute Gasteiger partial charge is 0.191 e. The van der Waals surface area contributed by atoms with Gasteiger partial charge in [0.15, 0.2) is 17.5 Å². The lowest BCUT2D eigenvalue weighted by Crippen LogP contribution is -2.37. The Hall–Kier alpha value is -2.00. The van der Waals surface area contributed by atoms with E-state index >= 15 is 0 Å². The third kappa shape index (κ3) is 9.35. The lowest BCUT2D eigenvalue weighted by molar-refractivity contribution is 0.184. The molecule has 0 heterocycles. The molecule has 31 heavy (non-hydrogen) atoms. The number of hydrogen-bond donors (Lipinski definition) is 2. The molecule has 7 heteroatoms. The number of ether oxygens (including phenoxy) is 3. The lowest BCUT2D eigenvalue weighted by atomic mass is 10.1. The highest BCUT2D eigenvalue weighted by Gasteiger charge is 2.06. The molecule has 0 saturated carbocycles. The summed E-state index contributed by atoms with van der Waals surface area (Å²) in [5.74, 6) is 2.40. The number of aryl methyl sites for hydroxylation is 1. The maximum absolute atomic E-state index is 5.67. The lowest BCUT2D eigenvalue weighted by Gasteiger charge is -2.13. The Morgan fingerprint density at radius 3 is 2.42 bits per heavy atom. The van der Waals surface area contributed by atoms with Crippen molar-refractivity contribution in [3.05, 3.63) is 59.2 Å². The number of methoxy groups -OCH3 is 2. The van der Waals surface area contributed by atoms with E-state index in [9.17, 15) is 0 Å². The van der Waals surface area contributed by atoms with E-state index in [4.69, 9.17) is 19.2 Å². The van der Waals surface area contributed by atoms with Gasteiger partial charge in [0.1, 0.15) is 0 Å². The zero-order valence-corrected chi connectivity index (χ0v) is 21.4. The predicted molar refractivity (Wildman–Crippen MR) is 138 cm³/mol. The van der Waals surface area contributed by atoms with Gasteiger partial charge in [-0.25, -0.2) is 4.99 Å². The number of guanidine groups is 1. The van der Waals surface area contributed by atoms with Crippen molar-refractivity contribution < 1.29 is 14.2 Å². The second-order valence-electron chi connectivity index (χ2n) is 6.85. The third-order valence-electron chi connectivity index (χ3n) is 4.63. The summed E-state index contributed by atoms with van der Waals surface area (Å²) in [6.07, 6.45) is 1.94. The van der Waals surface area contributed by atoms with Crippen molar-refractivity contribution in [1.82, 2.24) is 10.6 Å². The SMILES string of the molecule is CCNC(=NCc1ccccc1COC)NCCCc1ccc(OC)c(OCC)c1.I. The molecule has 2 aromatic rings. The minimum Gasteiger partial charge on any atom is -0.493 e. The number of halogens is 1. The van der Waals surface area contributed by atoms with Crippen molar-refractivity contribution in [2.75, 3.05) is 33.9 Å². The molecule has 0 spiro atoms. The molecule has 0 bridgehead atoms. The van der Waals surface area contributed by atoms with Crippen LogP contribution in [0, 0.1) is 0 Å². The molecule has 0 atom stereocenters. The minimum absolute atomic E-state index is 0. The molecular formula is C24H36IN3O3. The molecule has 2 rings (SSSR count). The van der Waals surface area contributed by atoms with E-state index in [-0.39, 0.29) is 24.0 Å². The van der Waals surface area contributed by atoms with Crippen LogP contribution in [0.1, 0.15) is 37.0 Å². The molecule has 0 aromatic heterocycles. The Labute approximate surface area is 203 Å². The largest absolute Gasteiger partial charge is 0.493 e. The topological polar surface area (TPSA) is 64.1 Å². The average molecular weight is 541 g/mol. The van der Waals surface area contributed by atoms with Crippen LogP contribution >= 0.6 is 24.0 Å². The summed E-state index contributed by atoms with van der Waals surface area (Å²) in [7, 11) is 3.38. The summed E-state index contributed by atoms with van der Waals surface area (Å²) in [5, 5.41) is 6.74. The van der Waals surface area contributed by atoms with Crippen molar-refractivity contribution in [2.24, 2.45) is 4.99 Å². The van der Waals surface area contributed by atoms with Gasteiger partial charge in [0.2, 0.25) is 0 Å². The van der Waals surface area contributed by atoms with E-state index in [1.165, 1.54) is 16.7 Å². The molecular weight excluding hydrogens is 505 g/mol. The number of rotatable bonds is 12. The maximum atomic E-state index is 5.67. The first-order chi connectivity index (χ1) is 14.7. The molecule has 172 valence electrons. The van der Waals surface area contributed by atoms with Crippen LogP contribution in [-0.2, 0) is 24.3 Å². The Bertz CT molecular complexity index is 799. The zero-order chi connectivity index (χ0) is 21.6. The van der Waals surface area contributed by atoms with Crippen LogP contribution in [0.3, 0.4) is 0 Å². The van der Waals surface area contributed by atoms with Gasteiger partial charge >= 0.3 is 0 Å². The second kappa shape index (κ2) is 15.8. The summed E-state index contributed by atoms with van der Waals surface area (Å²) >= 11 is 0. The molecule has 2 aromatic carbocycles. The Balaban J connectivity index is 0.00000480. The van der Waals surface area contributed by atoms with E-state index in [2.05, 4.69) is 41.8 Å². The highest BCUT2D eigenvalue weighted by molar-refractivity contribution is 14.0. The second-order valence-corrected chi connectivity index (χ2v) is 6.85. The standard InChI is InChI=1S/C24H35N3O3.HI/c1-5-25-24(27-17-20-11-7-8-12-21(20)18-28-3)26-15-9-10-19-13-14-22(29-4)23(16-19)30-6-2;/h7-8,11-14,16H,5-6,9-10,15,17-18H2,1-4H3,(H2,25,26,27);1H. The zero-order valence-electron chi connectivity index (χ0n) is 19.1. The van der Waals surface area contributed by atoms with E-state index in [1.807, 2.05) is 25.1 Å². The molecule has 0 radical (unpaired) electrons. The van der Waals surface area contributed by atoms with Crippen molar-refractivity contribution in [3.8, 4) is 11.5 Å². The summed E-state index contributed by atoms with van der Waals surface area (Å²) in [5.41, 5.74) is 3.58. The average Bonchev–Trinajstić information content (AvgIpc) is 2.76. The van der Waals surface area contributed by atoms with Gasteiger partial charge in [-0.1, -0.05) is 30.3 Å². The molecule has 0 amide bonds. The first kappa shape index (κ1) is 27.0. The van der Waals surface area contributed by atoms with Gasteiger partial charge < -0.3 is 24.8 Å². The van der Waals surface area contributed by atoms with Crippen LogP contribution in [0.25, 0.3) is 0 Å². The Kier molecular flexibility index (Phi) is 13.7. The normalized spacial score (nSPS) is 10.9. The van der Waals surface area contributed by atoms with E-state index in [1.54, 1.807) is 14.2 Å².